The molecular formula is C13H16BrFN2O. The molecule has 0 spiro atoms. The third-order valence-corrected chi connectivity index (χ3v) is 3.76. The number of rotatable bonds is 3. The van der Waals surface area contributed by atoms with E-state index in [2.05, 4.69) is 21.2 Å². The third kappa shape index (κ3) is 2.72. The molecule has 0 bridgehead atoms. The summed E-state index contributed by atoms with van der Waals surface area (Å²) in [6.07, 6.45) is 1.77. The molecule has 1 amide bonds. The van der Waals surface area contributed by atoms with Crippen LogP contribution in [-0.4, -0.2) is 25.0 Å². The molecule has 1 aliphatic rings. The molecule has 1 saturated heterocycles. The van der Waals surface area contributed by atoms with Crippen LogP contribution in [0.3, 0.4) is 0 Å². The summed E-state index contributed by atoms with van der Waals surface area (Å²) in [5, 5.41) is 3.17. The Bertz CT molecular complexity index is 451. The first kappa shape index (κ1) is 13.5. The second-order valence-corrected chi connectivity index (χ2v) is 5.19. The standard InChI is InChI=1S/C13H16BrFN2O/c1-2-16-11-4-3-7-17(13(11)18)12-8-9(15)5-6-10(12)14/h5-6,8,11,16H,2-4,7H2,1H3. The molecule has 2 rings (SSSR count). The summed E-state index contributed by atoms with van der Waals surface area (Å²) >= 11 is 3.37. The Morgan fingerprint density at radius 3 is 3.06 bits per heavy atom. The van der Waals surface area contributed by atoms with Gasteiger partial charge in [0.1, 0.15) is 5.82 Å². The quantitative estimate of drug-likeness (QED) is 0.930. The molecule has 1 unspecified atom stereocenters. The molecule has 3 nitrogen and oxygen atoms in total. The van der Waals surface area contributed by atoms with E-state index in [0.29, 0.717) is 12.2 Å². The van der Waals surface area contributed by atoms with Crippen LogP contribution in [0.25, 0.3) is 0 Å². The van der Waals surface area contributed by atoms with Crippen molar-refractivity contribution in [1.29, 1.82) is 0 Å². The zero-order chi connectivity index (χ0) is 13.1. The molecule has 0 radical (unpaired) electrons. The highest BCUT2D eigenvalue weighted by molar-refractivity contribution is 9.10. The molecule has 1 heterocycles. The Balaban J connectivity index is 2.26. The van der Waals surface area contributed by atoms with Gasteiger partial charge in [-0.1, -0.05) is 6.92 Å². The number of anilines is 1. The minimum absolute atomic E-state index is 0.0226. The van der Waals surface area contributed by atoms with Crippen molar-refractivity contribution in [3.8, 4) is 0 Å². The monoisotopic (exact) mass is 314 g/mol. The lowest BCUT2D eigenvalue weighted by atomic mass is 10.0. The number of hydrogen-bond donors (Lipinski definition) is 1. The third-order valence-electron chi connectivity index (χ3n) is 3.09. The van der Waals surface area contributed by atoms with Crippen molar-refractivity contribution in [2.24, 2.45) is 0 Å². The molecule has 1 N–H and O–H groups in total. The first-order valence-electron chi connectivity index (χ1n) is 6.13. The van der Waals surface area contributed by atoms with Crippen LogP contribution in [0.15, 0.2) is 22.7 Å². The number of carbonyl (C=O) groups is 1. The number of nitrogens with zero attached hydrogens (tertiary/aromatic N) is 1. The van der Waals surface area contributed by atoms with Crippen molar-refractivity contribution in [2.45, 2.75) is 25.8 Å². The minimum Gasteiger partial charge on any atom is -0.310 e. The zero-order valence-corrected chi connectivity index (χ0v) is 11.8. The lowest BCUT2D eigenvalue weighted by Gasteiger charge is -2.33. The van der Waals surface area contributed by atoms with Gasteiger partial charge < -0.3 is 10.2 Å². The Morgan fingerprint density at radius 2 is 2.33 bits per heavy atom. The van der Waals surface area contributed by atoms with E-state index in [4.69, 9.17) is 0 Å². The lowest BCUT2D eigenvalue weighted by Crippen LogP contribution is -2.51. The van der Waals surface area contributed by atoms with Gasteiger partial charge in [0.15, 0.2) is 0 Å². The minimum atomic E-state index is -0.327. The fourth-order valence-electron chi connectivity index (χ4n) is 2.24. The summed E-state index contributed by atoms with van der Waals surface area (Å²) in [4.78, 5) is 14.0. The highest BCUT2D eigenvalue weighted by Gasteiger charge is 2.29. The number of piperidine rings is 1. The first-order chi connectivity index (χ1) is 8.63. The lowest BCUT2D eigenvalue weighted by molar-refractivity contribution is -0.121. The Labute approximate surface area is 114 Å². The zero-order valence-electron chi connectivity index (χ0n) is 10.2. The van der Waals surface area contributed by atoms with Gasteiger partial charge >= 0.3 is 0 Å². The summed E-state index contributed by atoms with van der Waals surface area (Å²) in [5.74, 6) is -0.305. The molecule has 1 atom stereocenters. The van der Waals surface area contributed by atoms with E-state index < -0.39 is 0 Å². The predicted molar refractivity (Wildman–Crippen MR) is 73.2 cm³/mol. The number of carbonyl (C=O) groups excluding carboxylic acids is 1. The topological polar surface area (TPSA) is 32.3 Å². The van der Waals surface area contributed by atoms with Crippen LogP contribution >= 0.6 is 15.9 Å². The van der Waals surface area contributed by atoms with Crippen LogP contribution in [0.2, 0.25) is 0 Å². The van der Waals surface area contributed by atoms with E-state index in [9.17, 15) is 9.18 Å². The molecule has 0 aliphatic carbocycles. The van der Waals surface area contributed by atoms with E-state index in [1.54, 1.807) is 11.0 Å². The van der Waals surface area contributed by atoms with Crippen LogP contribution < -0.4 is 10.2 Å². The van der Waals surface area contributed by atoms with E-state index in [-0.39, 0.29) is 17.8 Å². The van der Waals surface area contributed by atoms with Crippen LogP contribution in [0.4, 0.5) is 10.1 Å². The summed E-state index contributed by atoms with van der Waals surface area (Å²) in [6, 6.07) is 4.26. The molecule has 0 saturated carbocycles. The van der Waals surface area contributed by atoms with Crippen molar-refractivity contribution in [3.63, 3.8) is 0 Å². The van der Waals surface area contributed by atoms with Crippen LogP contribution in [0.5, 0.6) is 0 Å². The molecule has 0 aromatic heterocycles. The van der Waals surface area contributed by atoms with E-state index >= 15 is 0 Å². The number of benzene rings is 1. The molecular weight excluding hydrogens is 299 g/mol. The predicted octanol–water partition coefficient (Wildman–Crippen LogP) is 2.69. The summed E-state index contributed by atoms with van der Waals surface area (Å²) < 4.78 is 14.0. The van der Waals surface area contributed by atoms with Gasteiger partial charge in [0.05, 0.1) is 11.7 Å². The summed E-state index contributed by atoms with van der Waals surface area (Å²) in [5.41, 5.74) is 0.614. The van der Waals surface area contributed by atoms with Crippen LogP contribution in [0, 0.1) is 5.82 Å². The van der Waals surface area contributed by atoms with Crippen molar-refractivity contribution in [1.82, 2.24) is 5.32 Å². The van der Waals surface area contributed by atoms with Gasteiger partial charge in [-0.2, -0.15) is 0 Å². The Morgan fingerprint density at radius 1 is 1.56 bits per heavy atom. The van der Waals surface area contributed by atoms with Gasteiger partial charge in [-0.25, -0.2) is 4.39 Å². The van der Waals surface area contributed by atoms with Crippen molar-refractivity contribution in [2.75, 3.05) is 18.0 Å². The van der Waals surface area contributed by atoms with Gasteiger partial charge in [0, 0.05) is 11.0 Å². The summed E-state index contributed by atoms with van der Waals surface area (Å²) in [6.45, 7) is 3.38. The van der Waals surface area contributed by atoms with Crippen molar-refractivity contribution < 1.29 is 9.18 Å². The molecule has 18 heavy (non-hydrogen) atoms. The molecule has 1 aliphatic heterocycles. The highest BCUT2D eigenvalue weighted by atomic mass is 79.9. The van der Waals surface area contributed by atoms with Gasteiger partial charge in [0.2, 0.25) is 5.91 Å². The normalized spacial score (nSPS) is 20.3. The van der Waals surface area contributed by atoms with E-state index in [1.807, 2.05) is 6.92 Å². The number of hydrogen-bond acceptors (Lipinski definition) is 2. The SMILES string of the molecule is CCNC1CCCN(c2cc(F)ccc2Br)C1=O. The maximum atomic E-state index is 13.3. The fraction of sp³-hybridized carbons (Fsp3) is 0.462. The summed E-state index contributed by atoms with van der Waals surface area (Å²) in [7, 11) is 0. The van der Waals surface area contributed by atoms with Crippen LogP contribution in [-0.2, 0) is 4.79 Å². The molecule has 1 aromatic carbocycles. The van der Waals surface area contributed by atoms with Crippen LogP contribution in [0.1, 0.15) is 19.8 Å². The molecule has 5 heteroatoms. The highest BCUT2D eigenvalue weighted by Crippen LogP contribution is 2.29. The molecule has 1 aromatic rings. The van der Waals surface area contributed by atoms with Gasteiger partial charge in [0.25, 0.3) is 0 Å². The Hall–Kier alpha value is -0.940. The van der Waals surface area contributed by atoms with Gasteiger partial charge in [-0.15, -0.1) is 0 Å². The second kappa shape index (κ2) is 5.80. The number of amides is 1. The average molecular weight is 315 g/mol. The van der Waals surface area contributed by atoms with Crippen molar-refractivity contribution >= 4 is 27.5 Å². The van der Waals surface area contributed by atoms with E-state index in [0.717, 1.165) is 23.9 Å². The van der Waals surface area contributed by atoms with Crippen molar-refractivity contribution in [3.05, 3.63) is 28.5 Å². The fourth-order valence-corrected chi connectivity index (χ4v) is 2.70. The van der Waals surface area contributed by atoms with Gasteiger partial charge in [-0.05, 0) is 53.5 Å². The number of nitrogens with one attached hydrogen (secondary N) is 1. The van der Waals surface area contributed by atoms with E-state index in [1.165, 1.54) is 12.1 Å². The maximum absolute atomic E-state index is 13.3. The first-order valence-corrected chi connectivity index (χ1v) is 6.92. The molecule has 1 fully saturated rings. The van der Waals surface area contributed by atoms with Gasteiger partial charge in [-0.3, -0.25) is 4.79 Å². The number of likely N-dealkylation sites (N-methyl/N-ethyl adjacent to an activating group) is 1. The molecule has 98 valence electrons. The largest absolute Gasteiger partial charge is 0.310 e. The Kier molecular flexibility index (Phi) is 4.35. The smallest absolute Gasteiger partial charge is 0.244 e. The second-order valence-electron chi connectivity index (χ2n) is 4.34. The average Bonchev–Trinajstić information content (AvgIpc) is 2.35. The number of halogens is 2. The maximum Gasteiger partial charge on any atom is 0.244 e.